The molecule has 0 aliphatic rings. The Morgan fingerprint density at radius 3 is 1.90 bits per heavy atom. The zero-order valence-corrected chi connectivity index (χ0v) is 17.1. The first kappa shape index (κ1) is 24.0. The molecule has 0 radical (unpaired) electrons. The van der Waals surface area contributed by atoms with Crippen molar-refractivity contribution in [2.45, 2.75) is 32.3 Å². The molecule has 0 aliphatic carbocycles. The van der Waals surface area contributed by atoms with Crippen molar-refractivity contribution < 1.29 is 28.9 Å². The summed E-state index contributed by atoms with van der Waals surface area (Å²) in [4.78, 5) is 22.1. The summed E-state index contributed by atoms with van der Waals surface area (Å²) in [6.07, 6.45) is 1.27. The number of aliphatic hydroxyl groups excluding tert-OH is 1. The number of aliphatic hydroxyl groups is 1. The molecule has 29 heavy (non-hydrogen) atoms. The number of Topliss-reactive ketones (excluding diaryl/α,β-unsaturated/α-hetero) is 1. The summed E-state index contributed by atoms with van der Waals surface area (Å²) in [6.45, 7) is 2.55. The summed E-state index contributed by atoms with van der Waals surface area (Å²) < 4.78 is 14.6. The maximum absolute atomic E-state index is 12.2. The van der Waals surface area contributed by atoms with E-state index in [0.717, 1.165) is 19.3 Å². The lowest BCUT2D eigenvalue weighted by Gasteiger charge is -2.11. The number of amides is 1. The normalized spacial score (nSPS) is 10.9. The predicted molar refractivity (Wildman–Crippen MR) is 110 cm³/mol. The monoisotopic (exact) mass is 403 g/mol. The summed E-state index contributed by atoms with van der Waals surface area (Å²) >= 11 is 0. The Morgan fingerprint density at radius 2 is 1.45 bits per heavy atom. The zero-order chi connectivity index (χ0) is 21.6. The van der Waals surface area contributed by atoms with Crippen LogP contribution in [0.15, 0.2) is 48.5 Å². The number of unbranched alkanes of at least 4 members (excludes halogenated alkanes) is 2. The Hall–Kier alpha value is -3.06. The van der Waals surface area contributed by atoms with E-state index in [-0.39, 0.29) is 5.78 Å². The van der Waals surface area contributed by atoms with E-state index in [1.165, 1.54) is 0 Å². The molecule has 0 saturated heterocycles. The smallest absolute Gasteiger partial charge is 0.404 e. The molecule has 0 saturated carbocycles. The molecule has 0 spiro atoms. The van der Waals surface area contributed by atoms with E-state index in [1.807, 2.05) is 0 Å². The number of hydrogen-bond donors (Lipinski definition) is 2. The number of methoxy groups -OCH3 is 2. The van der Waals surface area contributed by atoms with Gasteiger partial charge in [0.05, 0.1) is 20.8 Å². The Morgan fingerprint density at radius 1 is 0.931 bits per heavy atom. The number of carbonyl (C=O) groups excluding carboxylic acids is 2. The number of hydrogen-bond acceptors (Lipinski definition) is 6. The molecule has 0 fully saturated rings. The average molecular weight is 403 g/mol. The van der Waals surface area contributed by atoms with Crippen molar-refractivity contribution >= 4 is 11.9 Å². The van der Waals surface area contributed by atoms with Gasteiger partial charge in [0.1, 0.15) is 17.6 Å². The lowest BCUT2D eigenvalue weighted by molar-refractivity contribution is 0.0747. The van der Waals surface area contributed by atoms with E-state index in [2.05, 4.69) is 11.7 Å². The van der Waals surface area contributed by atoms with E-state index in [9.17, 15) is 14.7 Å². The minimum Gasteiger partial charge on any atom is -0.497 e. The number of ketones is 1. The molecule has 2 aromatic carbocycles. The zero-order valence-electron chi connectivity index (χ0n) is 17.1. The molecule has 0 bridgehead atoms. The van der Waals surface area contributed by atoms with E-state index in [4.69, 9.17) is 15.2 Å². The molecule has 1 atom stereocenters. The molecule has 1 unspecified atom stereocenters. The van der Waals surface area contributed by atoms with Gasteiger partial charge in [-0.05, 0) is 48.4 Å². The molecule has 0 aromatic heterocycles. The number of benzene rings is 2. The Balaban J connectivity index is 0.000000396. The van der Waals surface area contributed by atoms with Gasteiger partial charge in [-0.2, -0.15) is 0 Å². The maximum Gasteiger partial charge on any atom is 0.404 e. The predicted octanol–water partition coefficient (Wildman–Crippen LogP) is 3.89. The SMILES string of the molecule is CCCCCOC(N)=O.COc1ccc(C(=O)C(O)c2ccc(OC)cc2)cc1. The van der Waals surface area contributed by atoms with Crippen LogP contribution in [0.1, 0.15) is 48.2 Å². The van der Waals surface area contributed by atoms with Crippen LogP contribution in [0.25, 0.3) is 0 Å². The van der Waals surface area contributed by atoms with Gasteiger partial charge in [-0.25, -0.2) is 4.79 Å². The van der Waals surface area contributed by atoms with Gasteiger partial charge in [-0.15, -0.1) is 0 Å². The van der Waals surface area contributed by atoms with Crippen molar-refractivity contribution in [3.63, 3.8) is 0 Å². The molecule has 0 aliphatic heterocycles. The molecule has 3 N–H and O–H groups in total. The minimum absolute atomic E-state index is 0.349. The second kappa shape index (κ2) is 13.2. The average Bonchev–Trinajstić information content (AvgIpc) is 2.76. The highest BCUT2D eigenvalue weighted by Crippen LogP contribution is 2.22. The lowest BCUT2D eigenvalue weighted by Crippen LogP contribution is -2.13. The van der Waals surface area contributed by atoms with Gasteiger partial charge in [-0.3, -0.25) is 4.79 Å². The Labute approximate surface area is 171 Å². The molecule has 158 valence electrons. The minimum atomic E-state index is -1.19. The molecular formula is C22H29NO6. The lowest BCUT2D eigenvalue weighted by atomic mass is 10.00. The Kier molecular flexibility index (Phi) is 10.9. The van der Waals surface area contributed by atoms with Crippen LogP contribution in [-0.2, 0) is 4.74 Å². The number of nitrogens with two attached hydrogens (primary N) is 1. The van der Waals surface area contributed by atoms with Crippen LogP contribution in [0.3, 0.4) is 0 Å². The van der Waals surface area contributed by atoms with Crippen molar-refractivity contribution in [2.75, 3.05) is 20.8 Å². The van der Waals surface area contributed by atoms with Crippen molar-refractivity contribution in [1.82, 2.24) is 0 Å². The first-order valence-corrected chi connectivity index (χ1v) is 9.35. The van der Waals surface area contributed by atoms with Gasteiger partial charge < -0.3 is 25.1 Å². The molecule has 1 amide bonds. The van der Waals surface area contributed by atoms with E-state index in [0.29, 0.717) is 29.2 Å². The number of primary amides is 1. The number of ether oxygens (including phenoxy) is 3. The molecule has 2 aromatic rings. The summed E-state index contributed by atoms with van der Waals surface area (Å²) in [5.41, 5.74) is 5.69. The maximum atomic E-state index is 12.2. The van der Waals surface area contributed by atoms with Crippen LogP contribution in [0, 0.1) is 0 Å². The highest BCUT2D eigenvalue weighted by molar-refractivity contribution is 5.99. The van der Waals surface area contributed by atoms with Crippen LogP contribution >= 0.6 is 0 Å². The van der Waals surface area contributed by atoms with Gasteiger partial charge in [0.15, 0.2) is 5.78 Å². The van der Waals surface area contributed by atoms with Gasteiger partial charge >= 0.3 is 6.09 Å². The molecule has 7 heteroatoms. The highest BCUT2D eigenvalue weighted by Gasteiger charge is 2.19. The van der Waals surface area contributed by atoms with Crippen LogP contribution in [0.4, 0.5) is 4.79 Å². The topological polar surface area (TPSA) is 108 Å². The highest BCUT2D eigenvalue weighted by atomic mass is 16.5. The van der Waals surface area contributed by atoms with Gasteiger partial charge in [-0.1, -0.05) is 31.9 Å². The quantitative estimate of drug-likeness (QED) is 0.486. The summed E-state index contributed by atoms with van der Waals surface area (Å²) in [7, 11) is 3.12. The third-order valence-corrected chi connectivity index (χ3v) is 4.05. The fourth-order valence-corrected chi connectivity index (χ4v) is 2.38. The van der Waals surface area contributed by atoms with Crippen LogP contribution in [0.5, 0.6) is 11.5 Å². The number of carbonyl (C=O) groups is 2. The number of rotatable bonds is 9. The second-order valence-electron chi connectivity index (χ2n) is 6.14. The molecule has 2 rings (SSSR count). The van der Waals surface area contributed by atoms with Gasteiger partial charge in [0, 0.05) is 5.56 Å². The summed E-state index contributed by atoms with van der Waals surface area (Å²) in [5.74, 6) is 0.996. The first-order chi connectivity index (χ1) is 13.9. The molecular weight excluding hydrogens is 374 g/mol. The largest absolute Gasteiger partial charge is 0.497 e. The van der Waals surface area contributed by atoms with Gasteiger partial charge in [0.25, 0.3) is 0 Å². The van der Waals surface area contributed by atoms with Crippen molar-refractivity contribution in [3.05, 3.63) is 59.7 Å². The van der Waals surface area contributed by atoms with Crippen molar-refractivity contribution in [1.29, 1.82) is 0 Å². The third-order valence-electron chi connectivity index (χ3n) is 4.05. The fraction of sp³-hybridized carbons (Fsp3) is 0.364. The van der Waals surface area contributed by atoms with E-state index >= 15 is 0 Å². The van der Waals surface area contributed by atoms with Crippen LogP contribution in [-0.4, -0.2) is 37.8 Å². The fourth-order valence-electron chi connectivity index (χ4n) is 2.38. The van der Waals surface area contributed by atoms with Crippen LogP contribution < -0.4 is 15.2 Å². The third kappa shape index (κ3) is 8.66. The standard InChI is InChI=1S/C16H16O4.C6H13NO2/c1-19-13-7-3-11(4-8-13)15(17)16(18)12-5-9-14(20-2)10-6-12;1-2-3-4-5-9-6(7)8/h3-10,15,17H,1-2H3;2-5H2,1H3,(H2,7,8). The van der Waals surface area contributed by atoms with E-state index in [1.54, 1.807) is 62.8 Å². The summed E-state index contributed by atoms with van der Waals surface area (Å²) in [6, 6.07) is 13.4. The van der Waals surface area contributed by atoms with E-state index < -0.39 is 12.2 Å². The summed E-state index contributed by atoms with van der Waals surface area (Å²) in [5, 5.41) is 10.1. The second-order valence-corrected chi connectivity index (χ2v) is 6.14. The first-order valence-electron chi connectivity index (χ1n) is 9.35. The van der Waals surface area contributed by atoms with Gasteiger partial charge in [0.2, 0.25) is 0 Å². The Bertz CT molecular complexity index is 743. The van der Waals surface area contributed by atoms with Crippen LogP contribution in [0.2, 0.25) is 0 Å². The molecule has 7 nitrogen and oxygen atoms in total. The van der Waals surface area contributed by atoms with Crippen molar-refractivity contribution in [2.24, 2.45) is 5.73 Å². The molecule has 0 heterocycles. The van der Waals surface area contributed by atoms with Crippen molar-refractivity contribution in [3.8, 4) is 11.5 Å².